The van der Waals surface area contributed by atoms with E-state index in [-0.39, 0.29) is 30.1 Å². The molecule has 1 aliphatic carbocycles. The number of imidazole rings is 1. The van der Waals surface area contributed by atoms with E-state index in [1.165, 1.54) is 0 Å². The van der Waals surface area contributed by atoms with Gasteiger partial charge in [0.05, 0.1) is 11.0 Å². The molecule has 1 amide bonds. The number of benzene rings is 1. The Hall–Kier alpha value is -1.67. The molecule has 35 heavy (non-hydrogen) atoms. The standard InChI is InChI=1S/C27H42F2N4OS/c1-6-16-32(17-8-15-30-24(34)7-2)35-21-9-10-23-22(18-21)31-25(26(3,4)5)33(23)19-20-11-13-27(28,29)14-12-20/h9-10,18,20H,6-8,11-17,19H2,1-5H3,(H,30,34). The summed E-state index contributed by atoms with van der Waals surface area (Å²) in [6.45, 7) is 13.8. The van der Waals surface area contributed by atoms with Gasteiger partial charge in [-0.2, -0.15) is 0 Å². The van der Waals surface area contributed by atoms with Gasteiger partial charge in [0, 0.05) is 55.8 Å². The number of carbonyl (C=O) groups is 1. The van der Waals surface area contributed by atoms with Crippen LogP contribution in [0.1, 0.15) is 85.4 Å². The van der Waals surface area contributed by atoms with Crippen LogP contribution >= 0.6 is 11.9 Å². The minimum absolute atomic E-state index is 0.00861. The molecule has 1 aromatic carbocycles. The van der Waals surface area contributed by atoms with Gasteiger partial charge in [0.2, 0.25) is 11.8 Å². The molecule has 1 heterocycles. The van der Waals surface area contributed by atoms with Crippen LogP contribution in [0.4, 0.5) is 8.78 Å². The predicted molar refractivity (Wildman–Crippen MR) is 141 cm³/mol. The Kier molecular flexibility index (Phi) is 9.60. The van der Waals surface area contributed by atoms with Crippen LogP contribution < -0.4 is 5.32 Å². The van der Waals surface area contributed by atoms with Gasteiger partial charge in [-0.1, -0.05) is 34.6 Å². The van der Waals surface area contributed by atoms with Crippen molar-refractivity contribution in [2.45, 2.75) is 102 Å². The highest BCUT2D eigenvalue weighted by molar-refractivity contribution is 7.97. The van der Waals surface area contributed by atoms with Gasteiger partial charge in [0.15, 0.2) is 0 Å². The first-order chi connectivity index (χ1) is 16.5. The minimum atomic E-state index is -2.50. The molecular weight excluding hydrogens is 466 g/mol. The lowest BCUT2D eigenvalue weighted by atomic mass is 9.86. The highest BCUT2D eigenvalue weighted by Crippen LogP contribution is 2.38. The summed E-state index contributed by atoms with van der Waals surface area (Å²) in [7, 11) is 0. The first-order valence-electron chi connectivity index (χ1n) is 13.1. The van der Waals surface area contributed by atoms with Crippen LogP contribution in [-0.4, -0.2) is 45.3 Å². The summed E-state index contributed by atoms with van der Waals surface area (Å²) >= 11 is 1.74. The van der Waals surface area contributed by atoms with E-state index in [1.807, 2.05) is 6.92 Å². The second-order valence-corrected chi connectivity index (χ2v) is 12.0. The Balaban J connectivity index is 1.75. The largest absolute Gasteiger partial charge is 0.356 e. The van der Waals surface area contributed by atoms with E-state index < -0.39 is 5.92 Å². The summed E-state index contributed by atoms with van der Waals surface area (Å²) in [5.41, 5.74) is 1.91. The molecule has 8 heteroatoms. The van der Waals surface area contributed by atoms with Crippen LogP contribution in [0, 0.1) is 5.92 Å². The van der Waals surface area contributed by atoms with Gasteiger partial charge in [0.1, 0.15) is 5.82 Å². The van der Waals surface area contributed by atoms with Crippen molar-refractivity contribution in [3.05, 3.63) is 24.0 Å². The smallest absolute Gasteiger partial charge is 0.248 e. The van der Waals surface area contributed by atoms with Crippen LogP contribution in [0.5, 0.6) is 0 Å². The van der Waals surface area contributed by atoms with Crippen molar-refractivity contribution in [2.24, 2.45) is 5.92 Å². The van der Waals surface area contributed by atoms with Gasteiger partial charge in [0.25, 0.3) is 0 Å². The molecule has 1 aliphatic rings. The van der Waals surface area contributed by atoms with Crippen molar-refractivity contribution in [3.63, 3.8) is 0 Å². The fourth-order valence-corrected chi connectivity index (χ4v) is 5.76. The maximum absolute atomic E-state index is 13.7. The van der Waals surface area contributed by atoms with E-state index in [1.54, 1.807) is 11.9 Å². The lowest BCUT2D eigenvalue weighted by Crippen LogP contribution is -2.28. The van der Waals surface area contributed by atoms with Gasteiger partial charge >= 0.3 is 0 Å². The number of rotatable bonds is 11. The molecule has 1 saturated carbocycles. The van der Waals surface area contributed by atoms with Crippen molar-refractivity contribution in [2.75, 3.05) is 19.6 Å². The van der Waals surface area contributed by atoms with Crippen molar-refractivity contribution in [1.29, 1.82) is 0 Å². The number of alkyl halides is 2. The number of amides is 1. The van der Waals surface area contributed by atoms with Gasteiger partial charge in [-0.3, -0.25) is 4.79 Å². The monoisotopic (exact) mass is 508 g/mol. The van der Waals surface area contributed by atoms with Gasteiger partial charge in [-0.25, -0.2) is 18.1 Å². The van der Waals surface area contributed by atoms with Crippen molar-refractivity contribution >= 4 is 28.9 Å². The molecule has 0 bridgehead atoms. The molecule has 0 spiro atoms. The lowest BCUT2D eigenvalue weighted by molar-refractivity contribution is -0.120. The van der Waals surface area contributed by atoms with E-state index in [4.69, 9.17) is 4.98 Å². The molecule has 1 fully saturated rings. The molecule has 1 N–H and O–H groups in total. The number of carbonyl (C=O) groups excluding carboxylic acids is 1. The van der Waals surface area contributed by atoms with E-state index in [0.717, 1.165) is 54.2 Å². The topological polar surface area (TPSA) is 50.2 Å². The number of fused-ring (bicyclic) bond motifs is 1. The molecule has 2 aromatic rings. The SMILES string of the molecule is CCCN(CCCNC(=O)CC)Sc1ccc2c(c1)nc(C(C)(C)C)n2CC1CCC(F)(F)CC1. The molecule has 3 rings (SSSR count). The Labute approximate surface area is 213 Å². The zero-order valence-electron chi connectivity index (χ0n) is 22.0. The van der Waals surface area contributed by atoms with E-state index in [2.05, 4.69) is 60.1 Å². The Morgan fingerprint density at radius 1 is 1.23 bits per heavy atom. The van der Waals surface area contributed by atoms with Crippen LogP contribution in [-0.2, 0) is 16.8 Å². The van der Waals surface area contributed by atoms with E-state index in [9.17, 15) is 13.6 Å². The zero-order valence-corrected chi connectivity index (χ0v) is 22.8. The van der Waals surface area contributed by atoms with Gasteiger partial charge in [-0.05, 0) is 61.7 Å². The number of nitrogens with one attached hydrogen (secondary N) is 1. The Bertz CT molecular complexity index is 975. The fraction of sp³-hybridized carbons (Fsp3) is 0.704. The highest BCUT2D eigenvalue weighted by atomic mass is 32.2. The van der Waals surface area contributed by atoms with Crippen LogP contribution in [0.25, 0.3) is 11.0 Å². The molecular formula is C27H42F2N4OS. The number of hydrogen-bond acceptors (Lipinski definition) is 4. The van der Waals surface area contributed by atoms with Crippen LogP contribution in [0.15, 0.2) is 23.1 Å². The Morgan fingerprint density at radius 2 is 1.94 bits per heavy atom. The number of nitrogens with zero attached hydrogens (tertiary/aromatic N) is 3. The summed E-state index contributed by atoms with van der Waals surface area (Å²) in [6.07, 6.45) is 3.59. The third-order valence-electron chi connectivity index (χ3n) is 6.60. The summed E-state index contributed by atoms with van der Waals surface area (Å²) in [5, 5.41) is 2.95. The number of halogens is 2. The molecule has 0 atom stereocenters. The summed E-state index contributed by atoms with van der Waals surface area (Å²) in [6, 6.07) is 6.44. The van der Waals surface area contributed by atoms with E-state index >= 15 is 0 Å². The lowest BCUT2D eigenvalue weighted by Gasteiger charge is -2.30. The number of aromatic nitrogens is 2. The van der Waals surface area contributed by atoms with Gasteiger partial charge in [-0.15, -0.1) is 0 Å². The Morgan fingerprint density at radius 3 is 2.57 bits per heavy atom. The average Bonchev–Trinajstić information content (AvgIpc) is 3.16. The summed E-state index contributed by atoms with van der Waals surface area (Å²) in [5.74, 6) is -1.13. The van der Waals surface area contributed by atoms with E-state index in [0.29, 0.717) is 25.8 Å². The quantitative estimate of drug-likeness (QED) is 0.268. The second kappa shape index (κ2) is 12.0. The second-order valence-electron chi connectivity index (χ2n) is 10.8. The first-order valence-corrected chi connectivity index (χ1v) is 13.9. The van der Waals surface area contributed by atoms with Gasteiger partial charge < -0.3 is 9.88 Å². The molecule has 0 radical (unpaired) electrons. The zero-order chi connectivity index (χ0) is 25.6. The molecule has 0 aliphatic heterocycles. The normalized spacial score (nSPS) is 16.8. The third kappa shape index (κ3) is 7.91. The first kappa shape index (κ1) is 27.9. The van der Waals surface area contributed by atoms with Crippen molar-refractivity contribution < 1.29 is 13.6 Å². The van der Waals surface area contributed by atoms with Crippen LogP contribution in [0.3, 0.4) is 0 Å². The van der Waals surface area contributed by atoms with Crippen molar-refractivity contribution in [1.82, 2.24) is 19.2 Å². The predicted octanol–water partition coefficient (Wildman–Crippen LogP) is 6.79. The minimum Gasteiger partial charge on any atom is -0.356 e. The highest BCUT2D eigenvalue weighted by Gasteiger charge is 2.35. The summed E-state index contributed by atoms with van der Waals surface area (Å²) < 4.78 is 32.0. The number of hydrogen-bond donors (Lipinski definition) is 1. The molecule has 196 valence electrons. The van der Waals surface area contributed by atoms with Crippen molar-refractivity contribution in [3.8, 4) is 0 Å². The molecule has 1 aromatic heterocycles. The third-order valence-corrected chi connectivity index (χ3v) is 7.69. The molecule has 0 unspecified atom stereocenters. The maximum atomic E-state index is 13.7. The fourth-order valence-electron chi connectivity index (χ4n) is 4.67. The summed E-state index contributed by atoms with van der Waals surface area (Å²) in [4.78, 5) is 17.7. The molecule has 5 nitrogen and oxygen atoms in total. The maximum Gasteiger partial charge on any atom is 0.248 e. The van der Waals surface area contributed by atoms with Crippen LogP contribution in [0.2, 0.25) is 0 Å². The average molecular weight is 509 g/mol. The molecule has 0 saturated heterocycles.